The second-order valence-electron chi connectivity index (χ2n) is 4.65. The summed E-state index contributed by atoms with van der Waals surface area (Å²) in [7, 11) is 0. The molecule has 1 fully saturated rings. The van der Waals surface area contributed by atoms with Crippen LogP contribution in [0.15, 0.2) is 24.3 Å². The van der Waals surface area contributed by atoms with E-state index in [2.05, 4.69) is 4.90 Å². The van der Waals surface area contributed by atoms with E-state index in [-0.39, 0.29) is 0 Å². The molecule has 0 unspecified atom stereocenters. The summed E-state index contributed by atoms with van der Waals surface area (Å²) >= 11 is 0. The molecule has 0 aliphatic carbocycles. The van der Waals surface area contributed by atoms with Crippen LogP contribution in [0.5, 0.6) is 0 Å². The Morgan fingerprint density at radius 3 is 2.44 bits per heavy atom. The van der Waals surface area contributed by atoms with Crippen LogP contribution in [-0.2, 0) is 4.74 Å². The SMILES string of the molecule is NC(=O)OCC1CCN(c2ccc(N)cc2)CC1. The molecule has 5 nitrogen and oxygen atoms in total. The molecule has 5 heteroatoms. The molecule has 1 amide bonds. The molecule has 98 valence electrons. The lowest BCUT2D eigenvalue weighted by Crippen LogP contribution is -2.35. The third-order valence-corrected chi connectivity index (χ3v) is 3.33. The Labute approximate surface area is 107 Å². The first-order chi connectivity index (χ1) is 8.65. The number of nitrogens with two attached hydrogens (primary N) is 2. The second-order valence-corrected chi connectivity index (χ2v) is 4.65. The zero-order valence-electron chi connectivity index (χ0n) is 10.3. The van der Waals surface area contributed by atoms with Crippen molar-refractivity contribution in [1.82, 2.24) is 0 Å². The first kappa shape index (κ1) is 12.5. The standard InChI is InChI=1S/C13H19N3O2/c14-11-1-3-12(4-2-11)16-7-5-10(6-8-16)9-18-13(15)17/h1-4,10H,5-9,14H2,(H2,15,17). The average Bonchev–Trinajstić information content (AvgIpc) is 2.38. The van der Waals surface area contributed by atoms with E-state index >= 15 is 0 Å². The van der Waals surface area contributed by atoms with Crippen molar-refractivity contribution in [3.63, 3.8) is 0 Å². The lowest BCUT2D eigenvalue weighted by molar-refractivity contribution is 0.129. The number of carbonyl (C=O) groups excluding carboxylic acids is 1. The smallest absolute Gasteiger partial charge is 0.404 e. The van der Waals surface area contributed by atoms with E-state index in [0.717, 1.165) is 31.6 Å². The molecule has 18 heavy (non-hydrogen) atoms. The fraction of sp³-hybridized carbons (Fsp3) is 0.462. The summed E-state index contributed by atoms with van der Waals surface area (Å²) in [6, 6.07) is 7.90. The molecule has 1 aliphatic heterocycles. The van der Waals surface area contributed by atoms with Gasteiger partial charge in [0.25, 0.3) is 0 Å². The largest absolute Gasteiger partial charge is 0.449 e. The highest BCUT2D eigenvalue weighted by Gasteiger charge is 2.20. The molecule has 1 saturated heterocycles. The Hall–Kier alpha value is -1.91. The zero-order chi connectivity index (χ0) is 13.0. The van der Waals surface area contributed by atoms with Crippen molar-refractivity contribution in [2.75, 3.05) is 30.3 Å². The summed E-state index contributed by atoms with van der Waals surface area (Å²) in [6.07, 6.45) is 1.34. The highest BCUT2D eigenvalue weighted by atomic mass is 16.5. The second kappa shape index (κ2) is 5.62. The van der Waals surface area contributed by atoms with Crippen molar-refractivity contribution < 1.29 is 9.53 Å². The number of benzene rings is 1. The Bertz CT molecular complexity index is 397. The first-order valence-corrected chi connectivity index (χ1v) is 6.18. The number of amides is 1. The minimum absolute atomic E-state index is 0.419. The van der Waals surface area contributed by atoms with Crippen LogP contribution in [0.1, 0.15) is 12.8 Å². The van der Waals surface area contributed by atoms with Gasteiger partial charge in [-0.15, -0.1) is 0 Å². The molecule has 4 N–H and O–H groups in total. The van der Waals surface area contributed by atoms with Gasteiger partial charge in [0, 0.05) is 24.5 Å². The fourth-order valence-electron chi connectivity index (χ4n) is 2.24. The highest BCUT2D eigenvalue weighted by Crippen LogP contribution is 2.24. The van der Waals surface area contributed by atoms with E-state index in [4.69, 9.17) is 16.2 Å². The summed E-state index contributed by atoms with van der Waals surface area (Å²) in [5, 5.41) is 0. The molecule has 1 aliphatic rings. The Morgan fingerprint density at radius 1 is 1.28 bits per heavy atom. The van der Waals surface area contributed by atoms with Crippen LogP contribution in [-0.4, -0.2) is 25.8 Å². The van der Waals surface area contributed by atoms with Crippen LogP contribution in [0, 0.1) is 5.92 Å². The zero-order valence-corrected chi connectivity index (χ0v) is 10.3. The predicted octanol–water partition coefficient (Wildman–Crippen LogP) is 1.58. The summed E-state index contributed by atoms with van der Waals surface area (Å²) in [6.45, 7) is 2.37. The number of nitrogens with zero attached hydrogens (tertiary/aromatic N) is 1. The number of nitrogen functional groups attached to an aromatic ring is 1. The molecular weight excluding hydrogens is 230 g/mol. The van der Waals surface area contributed by atoms with Crippen molar-refractivity contribution >= 4 is 17.5 Å². The molecule has 0 aromatic heterocycles. The van der Waals surface area contributed by atoms with Gasteiger partial charge in [0.1, 0.15) is 0 Å². The van der Waals surface area contributed by atoms with E-state index in [9.17, 15) is 4.79 Å². The molecule has 2 rings (SSSR count). The van der Waals surface area contributed by atoms with E-state index in [1.165, 1.54) is 5.69 Å². The maximum absolute atomic E-state index is 10.5. The van der Waals surface area contributed by atoms with Gasteiger partial charge in [0.05, 0.1) is 6.61 Å². The summed E-state index contributed by atoms with van der Waals surface area (Å²) < 4.78 is 4.84. The number of hydrogen-bond donors (Lipinski definition) is 2. The van der Waals surface area contributed by atoms with Crippen molar-refractivity contribution in [3.05, 3.63) is 24.3 Å². The number of ether oxygens (including phenoxy) is 1. The third-order valence-electron chi connectivity index (χ3n) is 3.33. The van der Waals surface area contributed by atoms with Gasteiger partial charge in [-0.05, 0) is 43.0 Å². The normalized spacial score (nSPS) is 16.6. The number of hydrogen-bond acceptors (Lipinski definition) is 4. The molecule has 1 heterocycles. The molecule has 1 aromatic rings. The van der Waals surface area contributed by atoms with E-state index in [0.29, 0.717) is 12.5 Å². The van der Waals surface area contributed by atoms with Gasteiger partial charge in [-0.3, -0.25) is 0 Å². The monoisotopic (exact) mass is 249 g/mol. The molecule has 0 saturated carbocycles. The van der Waals surface area contributed by atoms with E-state index in [1.54, 1.807) is 0 Å². The van der Waals surface area contributed by atoms with Crippen LogP contribution in [0.3, 0.4) is 0 Å². The molecule has 1 aromatic carbocycles. The van der Waals surface area contributed by atoms with Gasteiger partial charge in [-0.25, -0.2) is 4.79 Å². The van der Waals surface area contributed by atoms with E-state index in [1.807, 2.05) is 24.3 Å². The van der Waals surface area contributed by atoms with Gasteiger partial charge in [0.15, 0.2) is 0 Å². The fourth-order valence-corrected chi connectivity index (χ4v) is 2.24. The Kier molecular flexibility index (Phi) is 3.92. The minimum Gasteiger partial charge on any atom is -0.449 e. The quantitative estimate of drug-likeness (QED) is 0.797. The number of carbonyl (C=O) groups is 1. The van der Waals surface area contributed by atoms with Crippen molar-refractivity contribution in [2.45, 2.75) is 12.8 Å². The lowest BCUT2D eigenvalue weighted by atomic mass is 9.97. The Morgan fingerprint density at radius 2 is 1.89 bits per heavy atom. The first-order valence-electron chi connectivity index (χ1n) is 6.18. The van der Waals surface area contributed by atoms with Gasteiger partial charge in [-0.2, -0.15) is 0 Å². The van der Waals surface area contributed by atoms with Crippen molar-refractivity contribution in [1.29, 1.82) is 0 Å². The van der Waals surface area contributed by atoms with Gasteiger partial charge in [-0.1, -0.05) is 0 Å². The molecule has 0 radical (unpaired) electrons. The number of rotatable bonds is 3. The van der Waals surface area contributed by atoms with Crippen molar-refractivity contribution in [3.8, 4) is 0 Å². The highest BCUT2D eigenvalue weighted by molar-refractivity contribution is 5.64. The topological polar surface area (TPSA) is 81.6 Å². The number of piperidine rings is 1. The lowest BCUT2D eigenvalue weighted by Gasteiger charge is -2.33. The average molecular weight is 249 g/mol. The molecular formula is C13H19N3O2. The third kappa shape index (κ3) is 3.29. The van der Waals surface area contributed by atoms with Crippen LogP contribution < -0.4 is 16.4 Å². The van der Waals surface area contributed by atoms with Gasteiger partial charge >= 0.3 is 6.09 Å². The number of anilines is 2. The maximum atomic E-state index is 10.5. The van der Waals surface area contributed by atoms with E-state index < -0.39 is 6.09 Å². The van der Waals surface area contributed by atoms with Crippen LogP contribution in [0.4, 0.5) is 16.2 Å². The molecule has 0 bridgehead atoms. The van der Waals surface area contributed by atoms with Crippen LogP contribution >= 0.6 is 0 Å². The molecule has 0 atom stereocenters. The van der Waals surface area contributed by atoms with Gasteiger partial charge in [0.2, 0.25) is 0 Å². The Balaban J connectivity index is 1.83. The molecule has 0 spiro atoms. The predicted molar refractivity (Wildman–Crippen MR) is 71.3 cm³/mol. The van der Waals surface area contributed by atoms with Crippen LogP contribution in [0.2, 0.25) is 0 Å². The van der Waals surface area contributed by atoms with Crippen molar-refractivity contribution in [2.24, 2.45) is 11.7 Å². The summed E-state index contributed by atoms with van der Waals surface area (Å²) in [5.74, 6) is 0.419. The summed E-state index contributed by atoms with van der Waals surface area (Å²) in [5.41, 5.74) is 12.6. The number of primary amides is 1. The summed E-state index contributed by atoms with van der Waals surface area (Å²) in [4.78, 5) is 12.9. The maximum Gasteiger partial charge on any atom is 0.404 e. The minimum atomic E-state index is -0.684. The van der Waals surface area contributed by atoms with Crippen LogP contribution in [0.25, 0.3) is 0 Å². The van der Waals surface area contributed by atoms with Gasteiger partial charge < -0.3 is 21.1 Å².